The molecule has 0 unspecified atom stereocenters. The molecule has 7 heteroatoms. The second-order valence-electron chi connectivity index (χ2n) is 4.15. The highest BCUT2D eigenvalue weighted by atomic mass is 35.5. The third-order valence-corrected chi connectivity index (χ3v) is 3.87. The van der Waals surface area contributed by atoms with Gasteiger partial charge >= 0.3 is 0 Å². The third kappa shape index (κ3) is 3.84. The van der Waals surface area contributed by atoms with E-state index in [0.717, 1.165) is 41.6 Å². The number of hydrogen-bond acceptors (Lipinski definition) is 5. The highest BCUT2D eigenvalue weighted by Crippen LogP contribution is 2.21. The van der Waals surface area contributed by atoms with Crippen LogP contribution in [0.15, 0.2) is 23.5 Å². The molecule has 102 valence electrons. The van der Waals surface area contributed by atoms with Crippen LogP contribution in [0, 0.1) is 0 Å². The Balaban J connectivity index is 1.98. The molecule has 0 aliphatic rings. The first-order valence-electron chi connectivity index (χ1n) is 6.13. The lowest BCUT2D eigenvalue weighted by molar-refractivity contribution is 0.712. The van der Waals surface area contributed by atoms with Gasteiger partial charge in [-0.3, -0.25) is 0 Å². The van der Waals surface area contributed by atoms with Gasteiger partial charge in [-0.25, -0.2) is 9.66 Å². The van der Waals surface area contributed by atoms with Gasteiger partial charge in [0, 0.05) is 18.4 Å². The summed E-state index contributed by atoms with van der Waals surface area (Å²) in [4.78, 5) is 3.95. The quantitative estimate of drug-likeness (QED) is 0.504. The smallest absolute Gasteiger partial charge is 0.210 e. The van der Waals surface area contributed by atoms with Crippen LogP contribution in [-0.2, 0) is 12.2 Å². The molecular weight excluding hydrogens is 282 g/mol. The lowest BCUT2D eigenvalue weighted by atomic mass is 10.2. The molecular formula is C12H16ClN5S. The maximum Gasteiger partial charge on any atom is 0.210 e. The number of aryl methyl sites for hydroxylation is 1. The molecule has 2 N–H and O–H groups in total. The van der Waals surface area contributed by atoms with Crippen LogP contribution in [0.2, 0.25) is 5.15 Å². The van der Waals surface area contributed by atoms with E-state index >= 15 is 0 Å². The van der Waals surface area contributed by atoms with Crippen molar-refractivity contribution >= 4 is 23.4 Å². The van der Waals surface area contributed by atoms with Crippen molar-refractivity contribution in [3.8, 4) is 0 Å². The molecule has 0 amide bonds. The van der Waals surface area contributed by atoms with Crippen LogP contribution in [-0.4, -0.2) is 19.9 Å². The van der Waals surface area contributed by atoms with E-state index in [4.69, 9.17) is 17.4 Å². The van der Waals surface area contributed by atoms with E-state index in [-0.39, 0.29) is 0 Å². The predicted molar refractivity (Wildman–Crippen MR) is 77.6 cm³/mol. The van der Waals surface area contributed by atoms with Crippen molar-refractivity contribution in [3.63, 3.8) is 0 Å². The molecule has 5 nitrogen and oxygen atoms in total. The van der Waals surface area contributed by atoms with Crippen molar-refractivity contribution in [1.29, 1.82) is 0 Å². The van der Waals surface area contributed by atoms with E-state index in [1.807, 2.05) is 12.1 Å². The number of nitrogens with two attached hydrogens (primary N) is 1. The summed E-state index contributed by atoms with van der Waals surface area (Å²) < 4.78 is 1.57. The lowest BCUT2D eigenvalue weighted by Crippen LogP contribution is -2.14. The fourth-order valence-corrected chi connectivity index (χ4v) is 2.61. The molecule has 2 heterocycles. The summed E-state index contributed by atoms with van der Waals surface area (Å²) in [6.07, 6.45) is 4.74. The maximum atomic E-state index is 5.97. The third-order valence-electron chi connectivity index (χ3n) is 2.65. The van der Waals surface area contributed by atoms with Crippen LogP contribution in [0.5, 0.6) is 0 Å². The van der Waals surface area contributed by atoms with Gasteiger partial charge in [-0.05, 0) is 24.1 Å². The summed E-state index contributed by atoms with van der Waals surface area (Å²) in [6.45, 7) is 2.14. The number of thioether (sulfide) groups is 1. The summed E-state index contributed by atoms with van der Waals surface area (Å²) in [5.74, 6) is 7.54. The van der Waals surface area contributed by atoms with Crippen LogP contribution in [0.1, 0.15) is 31.2 Å². The van der Waals surface area contributed by atoms with Crippen molar-refractivity contribution in [2.75, 3.05) is 5.84 Å². The SMILES string of the molecule is CCCCc1nnc(SCc2ccnc(Cl)c2)n1N. The summed E-state index contributed by atoms with van der Waals surface area (Å²) >= 11 is 7.38. The van der Waals surface area contributed by atoms with E-state index in [9.17, 15) is 0 Å². The topological polar surface area (TPSA) is 69.6 Å². The van der Waals surface area contributed by atoms with Gasteiger partial charge in [0.05, 0.1) is 0 Å². The predicted octanol–water partition coefficient (Wildman–Crippen LogP) is 2.68. The molecule has 0 aliphatic heterocycles. The van der Waals surface area contributed by atoms with Crippen LogP contribution in [0.25, 0.3) is 0 Å². The zero-order valence-corrected chi connectivity index (χ0v) is 12.3. The van der Waals surface area contributed by atoms with Crippen molar-refractivity contribution in [2.24, 2.45) is 0 Å². The molecule has 2 aromatic rings. The number of nitrogen functional groups attached to an aromatic ring is 1. The molecule has 0 saturated heterocycles. The second kappa shape index (κ2) is 6.77. The average molecular weight is 298 g/mol. The number of rotatable bonds is 6. The average Bonchev–Trinajstić information content (AvgIpc) is 2.75. The summed E-state index contributed by atoms with van der Waals surface area (Å²) in [6, 6.07) is 3.76. The Labute approximate surface area is 121 Å². The Bertz CT molecular complexity index is 543. The second-order valence-corrected chi connectivity index (χ2v) is 5.48. The molecule has 0 radical (unpaired) electrons. The Kier molecular flexibility index (Phi) is 5.04. The summed E-state index contributed by atoms with van der Waals surface area (Å²) in [5, 5.41) is 9.44. The van der Waals surface area contributed by atoms with Crippen molar-refractivity contribution in [3.05, 3.63) is 34.9 Å². The lowest BCUT2D eigenvalue weighted by Gasteiger charge is -2.03. The van der Waals surface area contributed by atoms with E-state index in [0.29, 0.717) is 5.15 Å². The molecule has 0 saturated carbocycles. The number of pyridine rings is 1. The largest absolute Gasteiger partial charge is 0.336 e. The zero-order chi connectivity index (χ0) is 13.7. The molecule has 0 atom stereocenters. The highest BCUT2D eigenvalue weighted by Gasteiger charge is 2.09. The molecule has 2 rings (SSSR count). The van der Waals surface area contributed by atoms with E-state index in [1.54, 1.807) is 22.6 Å². The number of unbranched alkanes of at least 4 members (excludes halogenated alkanes) is 1. The molecule has 19 heavy (non-hydrogen) atoms. The Morgan fingerprint density at radius 1 is 1.42 bits per heavy atom. The molecule has 0 fully saturated rings. The van der Waals surface area contributed by atoms with Gasteiger partial charge < -0.3 is 5.84 Å². The fraction of sp³-hybridized carbons (Fsp3) is 0.417. The molecule has 0 aliphatic carbocycles. The summed E-state index contributed by atoms with van der Waals surface area (Å²) in [7, 11) is 0. The Hall–Kier alpha value is -1.27. The number of hydrogen-bond donors (Lipinski definition) is 1. The van der Waals surface area contributed by atoms with Gasteiger partial charge in [0.15, 0.2) is 5.82 Å². The standard InChI is InChI=1S/C12H16ClN5S/c1-2-3-4-11-16-17-12(18(11)14)19-8-9-5-6-15-10(13)7-9/h5-7H,2-4,8,14H2,1H3. The fourth-order valence-electron chi connectivity index (χ4n) is 1.59. The van der Waals surface area contributed by atoms with Crippen LogP contribution >= 0.6 is 23.4 Å². The molecule has 0 bridgehead atoms. The zero-order valence-electron chi connectivity index (χ0n) is 10.7. The van der Waals surface area contributed by atoms with E-state index in [2.05, 4.69) is 22.1 Å². The Morgan fingerprint density at radius 3 is 3.00 bits per heavy atom. The van der Waals surface area contributed by atoms with Crippen LogP contribution in [0.4, 0.5) is 0 Å². The first-order chi connectivity index (χ1) is 9.20. The minimum absolute atomic E-state index is 0.496. The number of nitrogens with zero attached hydrogens (tertiary/aromatic N) is 4. The van der Waals surface area contributed by atoms with Gasteiger partial charge in [0.2, 0.25) is 5.16 Å². The van der Waals surface area contributed by atoms with Crippen molar-refractivity contribution in [2.45, 2.75) is 37.1 Å². The first kappa shape index (κ1) is 14.1. The van der Waals surface area contributed by atoms with Gasteiger partial charge in [0.1, 0.15) is 5.15 Å². The normalized spacial score (nSPS) is 10.8. The Morgan fingerprint density at radius 2 is 2.26 bits per heavy atom. The van der Waals surface area contributed by atoms with E-state index < -0.39 is 0 Å². The van der Waals surface area contributed by atoms with E-state index in [1.165, 1.54) is 0 Å². The minimum Gasteiger partial charge on any atom is -0.336 e. The van der Waals surface area contributed by atoms with Crippen molar-refractivity contribution < 1.29 is 0 Å². The van der Waals surface area contributed by atoms with Gasteiger partial charge in [0.25, 0.3) is 0 Å². The monoisotopic (exact) mass is 297 g/mol. The van der Waals surface area contributed by atoms with Crippen molar-refractivity contribution in [1.82, 2.24) is 19.9 Å². The van der Waals surface area contributed by atoms with Crippen LogP contribution < -0.4 is 5.84 Å². The first-order valence-corrected chi connectivity index (χ1v) is 7.49. The molecule has 0 aromatic carbocycles. The van der Waals surface area contributed by atoms with Gasteiger partial charge in [-0.1, -0.05) is 36.7 Å². The number of halogens is 1. The minimum atomic E-state index is 0.496. The highest BCUT2D eigenvalue weighted by molar-refractivity contribution is 7.98. The van der Waals surface area contributed by atoms with Crippen LogP contribution in [0.3, 0.4) is 0 Å². The maximum absolute atomic E-state index is 5.97. The molecule has 0 spiro atoms. The molecule has 2 aromatic heterocycles. The number of aromatic nitrogens is 4. The van der Waals surface area contributed by atoms with Gasteiger partial charge in [-0.15, -0.1) is 10.2 Å². The summed E-state index contributed by atoms with van der Waals surface area (Å²) in [5.41, 5.74) is 1.09. The van der Waals surface area contributed by atoms with Gasteiger partial charge in [-0.2, -0.15) is 0 Å².